The third-order valence-electron chi connectivity index (χ3n) is 4.36. The van der Waals surface area contributed by atoms with Gasteiger partial charge in [-0.1, -0.05) is 12.8 Å². The summed E-state index contributed by atoms with van der Waals surface area (Å²) in [4.78, 5) is 6.81. The third kappa shape index (κ3) is 2.75. The first-order valence-corrected chi connectivity index (χ1v) is 7.06. The molecule has 0 saturated heterocycles. The fourth-order valence-electron chi connectivity index (χ4n) is 3.02. The number of aryl methyl sites for hydroxylation is 1. The normalized spacial score (nSPS) is 18.7. The van der Waals surface area contributed by atoms with Gasteiger partial charge in [0.15, 0.2) is 0 Å². The Kier molecular flexibility index (Phi) is 4.40. The topological polar surface area (TPSA) is 33.1 Å². The molecule has 0 radical (unpaired) electrons. The number of hydrogen-bond donors (Lipinski definition) is 1. The van der Waals surface area contributed by atoms with Crippen molar-refractivity contribution in [1.82, 2.24) is 19.8 Å². The van der Waals surface area contributed by atoms with E-state index in [1.165, 1.54) is 25.7 Å². The SMILES string of the molecule is CCn1ccnc1CNCC1(N(C)C)CCCC1. The average Bonchev–Trinajstić information content (AvgIpc) is 2.98. The van der Waals surface area contributed by atoms with E-state index in [-0.39, 0.29) is 0 Å². The van der Waals surface area contributed by atoms with Gasteiger partial charge in [0.05, 0.1) is 6.54 Å². The summed E-state index contributed by atoms with van der Waals surface area (Å²) in [7, 11) is 4.42. The first-order chi connectivity index (χ1) is 8.68. The summed E-state index contributed by atoms with van der Waals surface area (Å²) in [6, 6.07) is 0. The second-order valence-corrected chi connectivity index (χ2v) is 5.56. The van der Waals surface area contributed by atoms with Gasteiger partial charge in [-0.15, -0.1) is 0 Å². The van der Waals surface area contributed by atoms with Crippen LogP contribution >= 0.6 is 0 Å². The van der Waals surface area contributed by atoms with Crippen LogP contribution in [0, 0.1) is 0 Å². The molecule has 1 aliphatic rings. The molecule has 1 heterocycles. The third-order valence-corrected chi connectivity index (χ3v) is 4.36. The van der Waals surface area contributed by atoms with Crippen LogP contribution in [0.3, 0.4) is 0 Å². The predicted octanol–water partition coefficient (Wildman–Crippen LogP) is 1.87. The summed E-state index contributed by atoms with van der Waals surface area (Å²) in [6.07, 6.45) is 9.30. The Bertz CT molecular complexity index is 364. The molecule has 4 heteroatoms. The minimum Gasteiger partial charge on any atom is -0.334 e. The second kappa shape index (κ2) is 5.85. The molecule has 1 aromatic rings. The molecule has 1 aliphatic carbocycles. The Morgan fingerprint density at radius 2 is 2.11 bits per heavy atom. The van der Waals surface area contributed by atoms with Gasteiger partial charge in [0.1, 0.15) is 5.82 Å². The molecule has 0 bridgehead atoms. The number of aromatic nitrogens is 2. The van der Waals surface area contributed by atoms with E-state index in [0.717, 1.165) is 25.5 Å². The summed E-state index contributed by atoms with van der Waals surface area (Å²) in [6.45, 7) is 5.09. The highest BCUT2D eigenvalue weighted by Crippen LogP contribution is 2.33. The molecule has 4 nitrogen and oxygen atoms in total. The quantitative estimate of drug-likeness (QED) is 0.836. The second-order valence-electron chi connectivity index (χ2n) is 5.56. The molecule has 1 fully saturated rings. The summed E-state index contributed by atoms with van der Waals surface area (Å²) in [5.74, 6) is 1.14. The molecule has 0 atom stereocenters. The smallest absolute Gasteiger partial charge is 0.122 e. The van der Waals surface area contributed by atoms with Gasteiger partial charge in [-0.2, -0.15) is 0 Å². The number of rotatable bonds is 6. The van der Waals surface area contributed by atoms with E-state index in [1.807, 2.05) is 12.4 Å². The summed E-state index contributed by atoms with van der Waals surface area (Å²) >= 11 is 0. The van der Waals surface area contributed by atoms with E-state index in [4.69, 9.17) is 0 Å². The molecule has 1 saturated carbocycles. The number of likely N-dealkylation sites (N-methyl/N-ethyl adjacent to an activating group) is 1. The summed E-state index contributed by atoms with van der Waals surface area (Å²) in [5, 5.41) is 3.60. The first-order valence-electron chi connectivity index (χ1n) is 7.06. The maximum Gasteiger partial charge on any atom is 0.122 e. The molecule has 1 N–H and O–H groups in total. The average molecular weight is 250 g/mol. The lowest BCUT2D eigenvalue weighted by molar-refractivity contribution is 0.153. The molecule has 0 unspecified atom stereocenters. The van der Waals surface area contributed by atoms with Crippen molar-refractivity contribution in [3.63, 3.8) is 0 Å². The Labute approximate surface area is 110 Å². The Morgan fingerprint density at radius 3 is 2.72 bits per heavy atom. The maximum atomic E-state index is 4.41. The van der Waals surface area contributed by atoms with Crippen LogP contribution in [0.1, 0.15) is 38.4 Å². The van der Waals surface area contributed by atoms with Crippen molar-refractivity contribution in [2.24, 2.45) is 0 Å². The highest BCUT2D eigenvalue weighted by molar-refractivity contribution is 4.96. The number of imidazole rings is 1. The summed E-state index contributed by atoms with van der Waals surface area (Å²) < 4.78 is 2.20. The van der Waals surface area contributed by atoms with Gasteiger partial charge in [-0.25, -0.2) is 4.98 Å². The van der Waals surface area contributed by atoms with Crippen molar-refractivity contribution < 1.29 is 0 Å². The molecular weight excluding hydrogens is 224 g/mol. The van der Waals surface area contributed by atoms with Gasteiger partial charge in [0, 0.05) is 31.0 Å². The highest BCUT2D eigenvalue weighted by Gasteiger charge is 2.35. The number of nitrogens with one attached hydrogen (secondary N) is 1. The maximum absolute atomic E-state index is 4.41. The van der Waals surface area contributed by atoms with Crippen molar-refractivity contribution in [3.8, 4) is 0 Å². The molecule has 18 heavy (non-hydrogen) atoms. The van der Waals surface area contributed by atoms with Crippen molar-refractivity contribution in [2.75, 3.05) is 20.6 Å². The lowest BCUT2D eigenvalue weighted by Gasteiger charge is -2.36. The summed E-state index contributed by atoms with van der Waals surface area (Å²) in [5.41, 5.74) is 0.365. The van der Waals surface area contributed by atoms with Crippen LogP contribution in [0.4, 0.5) is 0 Å². The molecule has 102 valence electrons. The standard InChI is InChI=1S/C14H26N4/c1-4-18-10-9-16-13(18)11-15-12-14(17(2)3)7-5-6-8-14/h9-10,15H,4-8,11-12H2,1-3H3. The molecule has 0 aliphatic heterocycles. The molecule has 0 spiro atoms. The van der Waals surface area contributed by atoms with Crippen LogP contribution < -0.4 is 5.32 Å². The van der Waals surface area contributed by atoms with Crippen molar-refractivity contribution in [3.05, 3.63) is 18.2 Å². The van der Waals surface area contributed by atoms with Gasteiger partial charge in [-0.05, 0) is 33.9 Å². The van der Waals surface area contributed by atoms with Gasteiger partial charge in [0.25, 0.3) is 0 Å². The number of hydrogen-bond acceptors (Lipinski definition) is 3. The fraction of sp³-hybridized carbons (Fsp3) is 0.786. The van der Waals surface area contributed by atoms with Crippen molar-refractivity contribution >= 4 is 0 Å². The van der Waals surface area contributed by atoms with Gasteiger partial charge in [-0.3, -0.25) is 0 Å². The van der Waals surface area contributed by atoms with E-state index in [2.05, 4.69) is 40.8 Å². The van der Waals surface area contributed by atoms with E-state index >= 15 is 0 Å². The Balaban J connectivity index is 1.87. The van der Waals surface area contributed by atoms with Crippen LogP contribution in [0.2, 0.25) is 0 Å². The molecule has 2 rings (SSSR count). The lowest BCUT2D eigenvalue weighted by Crippen LogP contribution is -2.49. The van der Waals surface area contributed by atoms with E-state index < -0.39 is 0 Å². The first kappa shape index (κ1) is 13.6. The minimum absolute atomic E-state index is 0.365. The van der Waals surface area contributed by atoms with Crippen LogP contribution in [-0.4, -0.2) is 40.6 Å². The fourth-order valence-corrected chi connectivity index (χ4v) is 3.02. The van der Waals surface area contributed by atoms with Gasteiger partial charge < -0.3 is 14.8 Å². The Hall–Kier alpha value is -0.870. The highest BCUT2D eigenvalue weighted by atomic mass is 15.2. The number of nitrogens with zero attached hydrogens (tertiary/aromatic N) is 3. The largest absolute Gasteiger partial charge is 0.334 e. The van der Waals surface area contributed by atoms with Crippen LogP contribution in [-0.2, 0) is 13.1 Å². The van der Waals surface area contributed by atoms with Crippen LogP contribution in [0.5, 0.6) is 0 Å². The predicted molar refractivity (Wildman–Crippen MR) is 74.5 cm³/mol. The van der Waals surface area contributed by atoms with Crippen LogP contribution in [0.15, 0.2) is 12.4 Å². The minimum atomic E-state index is 0.365. The van der Waals surface area contributed by atoms with E-state index in [9.17, 15) is 0 Å². The van der Waals surface area contributed by atoms with Crippen molar-refractivity contribution in [1.29, 1.82) is 0 Å². The van der Waals surface area contributed by atoms with E-state index in [0.29, 0.717) is 5.54 Å². The van der Waals surface area contributed by atoms with Crippen LogP contribution in [0.25, 0.3) is 0 Å². The molecular formula is C14H26N4. The van der Waals surface area contributed by atoms with Gasteiger partial charge >= 0.3 is 0 Å². The van der Waals surface area contributed by atoms with Crippen molar-refractivity contribution in [2.45, 2.75) is 51.2 Å². The zero-order valence-electron chi connectivity index (χ0n) is 11.9. The molecule has 0 aromatic carbocycles. The Morgan fingerprint density at radius 1 is 1.39 bits per heavy atom. The van der Waals surface area contributed by atoms with E-state index in [1.54, 1.807) is 0 Å². The lowest BCUT2D eigenvalue weighted by atomic mass is 9.96. The monoisotopic (exact) mass is 250 g/mol. The molecule has 0 amide bonds. The zero-order valence-corrected chi connectivity index (χ0v) is 11.9. The zero-order chi connectivity index (χ0) is 13.0. The van der Waals surface area contributed by atoms with Gasteiger partial charge in [0.2, 0.25) is 0 Å². The molecule has 1 aromatic heterocycles.